The molecule has 18 heavy (non-hydrogen) atoms. The first kappa shape index (κ1) is 16.4. The zero-order chi connectivity index (χ0) is 14.1. The first-order valence-electron chi connectivity index (χ1n) is 5.82. The van der Waals surface area contributed by atoms with Gasteiger partial charge in [0.05, 0.1) is 12.7 Å². The molecule has 6 nitrogen and oxygen atoms in total. The second-order valence-electron chi connectivity index (χ2n) is 4.19. The zero-order valence-electron chi connectivity index (χ0n) is 11.3. The summed E-state index contributed by atoms with van der Waals surface area (Å²) in [6.07, 6.45) is 1.61. The van der Waals surface area contributed by atoms with Crippen LogP contribution >= 0.6 is 0 Å². The minimum Gasteiger partial charge on any atom is -0.480 e. The second kappa shape index (κ2) is 8.52. The van der Waals surface area contributed by atoms with Crippen molar-refractivity contribution < 1.29 is 19.4 Å². The van der Waals surface area contributed by atoms with Crippen LogP contribution < -0.4 is 0 Å². The number of carbonyl (C=O) groups is 2. The molecule has 6 heteroatoms. The van der Waals surface area contributed by atoms with E-state index in [4.69, 9.17) is 9.84 Å². The van der Waals surface area contributed by atoms with Crippen molar-refractivity contribution in [2.24, 2.45) is 0 Å². The number of hydrogen-bond acceptors (Lipinski definition) is 3. The van der Waals surface area contributed by atoms with Crippen molar-refractivity contribution in [1.82, 2.24) is 9.80 Å². The third-order valence-corrected chi connectivity index (χ3v) is 2.15. The predicted octanol–water partition coefficient (Wildman–Crippen LogP) is 1.04. The van der Waals surface area contributed by atoms with E-state index in [2.05, 4.69) is 6.58 Å². The molecular formula is C12H22N2O4. The predicted molar refractivity (Wildman–Crippen MR) is 68.5 cm³/mol. The molecule has 0 saturated carbocycles. The van der Waals surface area contributed by atoms with Crippen molar-refractivity contribution in [2.45, 2.75) is 20.0 Å². The van der Waals surface area contributed by atoms with Crippen LogP contribution in [0, 0.1) is 0 Å². The lowest BCUT2D eigenvalue weighted by Gasteiger charge is -2.26. The van der Waals surface area contributed by atoms with Crippen LogP contribution in [-0.4, -0.2) is 66.3 Å². The van der Waals surface area contributed by atoms with Gasteiger partial charge in [-0.3, -0.25) is 4.79 Å². The Balaban J connectivity index is 4.27. The van der Waals surface area contributed by atoms with Crippen LogP contribution in [0.4, 0.5) is 4.79 Å². The quantitative estimate of drug-likeness (QED) is 0.660. The number of nitrogens with zero attached hydrogens (tertiary/aromatic N) is 2. The molecule has 0 unspecified atom stereocenters. The van der Waals surface area contributed by atoms with E-state index in [0.29, 0.717) is 13.2 Å². The lowest BCUT2D eigenvalue weighted by Crippen LogP contribution is -2.44. The average molecular weight is 258 g/mol. The molecule has 0 radical (unpaired) electrons. The van der Waals surface area contributed by atoms with Crippen molar-refractivity contribution in [3.63, 3.8) is 0 Å². The topological polar surface area (TPSA) is 70.1 Å². The van der Waals surface area contributed by atoms with Gasteiger partial charge in [-0.05, 0) is 13.8 Å². The van der Waals surface area contributed by atoms with Gasteiger partial charge in [0.25, 0.3) is 0 Å². The summed E-state index contributed by atoms with van der Waals surface area (Å²) < 4.78 is 5.33. The fourth-order valence-corrected chi connectivity index (χ4v) is 1.29. The van der Waals surface area contributed by atoms with Gasteiger partial charge in [0, 0.05) is 20.1 Å². The van der Waals surface area contributed by atoms with Crippen LogP contribution in [0.1, 0.15) is 13.8 Å². The van der Waals surface area contributed by atoms with Crippen LogP contribution in [0.15, 0.2) is 12.7 Å². The van der Waals surface area contributed by atoms with E-state index in [1.807, 2.05) is 13.8 Å². The summed E-state index contributed by atoms with van der Waals surface area (Å²) in [5.74, 6) is -1.04. The van der Waals surface area contributed by atoms with Crippen LogP contribution in [0.2, 0.25) is 0 Å². The van der Waals surface area contributed by atoms with E-state index in [9.17, 15) is 9.59 Å². The van der Waals surface area contributed by atoms with E-state index in [0.717, 1.165) is 0 Å². The molecule has 0 aromatic carbocycles. The number of rotatable bonds is 8. The van der Waals surface area contributed by atoms with E-state index in [1.165, 1.54) is 15.9 Å². The Bertz CT molecular complexity index is 292. The van der Waals surface area contributed by atoms with Gasteiger partial charge in [-0.2, -0.15) is 0 Å². The van der Waals surface area contributed by atoms with Gasteiger partial charge in [-0.1, -0.05) is 6.08 Å². The van der Waals surface area contributed by atoms with E-state index < -0.39 is 5.97 Å². The van der Waals surface area contributed by atoms with Gasteiger partial charge < -0.3 is 19.6 Å². The molecule has 2 amide bonds. The number of likely N-dealkylation sites (N-methyl/N-ethyl adjacent to an activating group) is 1. The molecule has 0 atom stereocenters. The Labute approximate surface area is 108 Å². The molecule has 0 aliphatic heterocycles. The highest BCUT2D eigenvalue weighted by atomic mass is 16.5. The molecule has 1 N–H and O–H groups in total. The van der Waals surface area contributed by atoms with Gasteiger partial charge in [0.15, 0.2) is 0 Å². The molecule has 0 heterocycles. The molecule has 0 bridgehead atoms. The standard InChI is InChI=1S/C12H22N2O4/c1-5-6-14(9-11(15)16)12(17)13(4)7-8-18-10(2)3/h5,10H,1,6-9H2,2-4H3,(H,15,16). The molecule has 0 aromatic heterocycles. The smallest absolute Gasteiger partial charge is 0.323 e. The molecule has 0 aliphatic rings. The summed E-state index contributed by atoms with van der Waals surface area (Å²) in [6, 6.07) is -0.343. The zero-order valence-corrected chi connectivity index (χ0v) is 11.3. The molecule has 104 valence electrons. The first-order valence-corrected chi connectivity index (χ1v) is 5.82. The third-order valence-electron chi connectivity index (χ3n) is 2.15. The van der Waals surface area contributed by atoms with Crippen molar-refractivity contribution in [3.05, 3.63) is 12.7 Å². The summed E-state index contributed by atoms with van der Waals surface area (Å²) in [7, 11) is 1.62. The van der Waals surface area contributed by atoms with Crippen molar-refractivity contribution in [1.29, 1.82) is 0 Å². The lowest BCUT2D eigenvalue weighted by molar-refractivity contribution is -0.137. The summed E-state index contributed by atoms with van der Waals surface area (Å²) in [4.78, 5) is 25.2. The Hall–Kier alpha value is -1.56. The van der Waals surface area contributed by atoms with Crippen molar-refractivity contribution >= 4 is 12.0 Å². The first-order chi connectivity index (χ1) is 8.38. The summed E-state index contributed by atoms with van der Waals surface area (Å²) in [5.41, 5.74) is 0. The number of carboxylic acid groups (broad SMARTS) is 1. The van der Waals surface area contributed by atoms with Crippen molar-refractivity contribution in [3.8, 4) is 0 Å². The number of amides is 2. The fourth-order valence-electron chi connectivity index (χ4n) is 1.29. The molecule has 0 aliphatic carbocycles. The average Bonchev–Trinajstić information content (AvgIpc) is 2.26. The summed E-state index contributed by atoms with van der Waals surface area (Å²) in [5, 5.41) is 8.72. The van der Waals surface area contributed by atoms with Gasteiger partial charge in [-0.15, -0.1) is 6.58 Å². The second-order valence-corrected chi connectivity index (χ2v) is 4.19. The lowest BCUT2D eigenvalue weighted by atomic mass is 10.4. The highest BCUT2D eigenvalue weighted by Gasteiger charge is 2.19. The highest BCUT2D eigenvalue weighted by molar-refractivity contribution is 5.80. The monoisotopic (exact) mass is 258 g/mol. The Kier molecular flexibility index (Phi) is 7.78. The van der Waals surface area contributed by atoms with Gasteiger partial charge >= 0.3 is 12.0 Å². The maximum Gasteiger partial charge on any atom is 0.323 e. The van der Waals surface area contributed by atoms with Crippen LogP contribution in [-0.2, 0) is 9.53 Å². The Morgan fingerprint density at radius 3 is 2.50 bits per heavy atom. The Morgan fingerprint density at radius 2 is 2.06 bits per heavy atom. The number of carboxylic acids is 1. The van der Waals surface area contributed by atoms with Crippen LogP contribution in [0.5, 0.6) is 0 Å². The summed E-state index contributed by atoms with van der Waals surface area (Å²) in [6.45, 7) is 8.05. The minimum absolute atomic E-state index is 0.108. The maximum atomic E-state index is 11.9. The maximum absolute atomic E-state index is 11.9. The number of hydrogen-bond donors (Lipinski definition) is 1. The largest absolute Gasteiger partial charge is 0.480 e. The van der Waals surface area contributed by atoms with E-state index >= 15 is 0 Å². The minimum atomic E-state index is -1.04. The summed E-state index contributed by atoms with van der Waals surface area (Å²) >= 11 is 0. The van der Waals surface area contributed by atoms with Crippen LogP contribution in [0.25, 0.3) is 0 Å². The molecule has 0 aromatic rings. The number of urea groups is 1. The normalized spacial score (nSPS) is 10.2. The van der Waals surface area contributed by atoms with E-state index in [1.54, 1.807) is 7.05 Å². The third kappa shape index (κ3) is 6.90. The van der Waals surface area contributed by atoms with Gasteiger partial charge in [0.1, 0.15) is 6.54 Å². The van der Waals surface area contributed by atoms with Gasteiger partial charge in [0.2, 0.25) is 0 Å². The molecule has 0 rings (SSSR count). The van der Waals surface area contributed by atoms with Crippen molar-refractivity contribution in [2.75, 3.05) is 33.3 Å². The number of aliphatic carboxylic acids is 1. The molecular weight excluding hydrogens is 236 g/mol. The molecule has 0 fully saturated rings. The number of carbonyl (C=O) groups excluding carboxylic acids is 1. The number of ether oxygens (including phenoxy) is 1. The van der Waals surface area contributed by atoms with E-state index in [-0.39, 0.29) is 25.2 Å². The molecule has 0 spiro atoms. The van der Waals surface area contributed by atoms with Gasteiger partial charge in [-0.25, -0.2) is 4.79 Å². The SMILES string of the molecule is C=CCN(CC(=O)O)C(=O)N(C)CCOC(C)C. The fraction of sp³-hybridized carbons (Fsp3) is 0.667. The highest BCUT2D eigenvalue weighted by Crippen LogP contribution is 1.98. The Morgan fingerprint density at radius 1 is 1.44 bits per heavy atom. The van der Waals surface area contributed by atoms with Crippen LogP contribution in [0.3, 0.4) is 0 Å². The molecule has 0 saturated heterocycles.